The number of hydrogen-bond donors (Lipinski definition) is 1. The lowest BCUT2D eigenvalue weighted by molar-refractivity contribution is -0.113. The van der Waals surface area contributed by atoms with Crippen LogP contribution in [0.5, 0.6) is 5.75 Å². The molecule has 6 nitrogen and oxygen atoms in total. The van der Waals surface area contributed by atoms with Crippen molar-refractivity contribution < 1.29 is 9.53 Å². The third kappa shape index (κ3) is 5.15. The first-order valence-electron chi connectivity index (χ1n) is 11.2. The SMILES string of the molecule is CC[C@H](C)c1ccc(NC(=O)CSc2nc3ccccc3c(=O)n2-c2ccc(OC)cc2)cc1. The number of rotatable bonds is 8. The monoisotopic (exact) mass is 473 g/mol. The number of methoxy groups -OCH3 is 1. The van der Waals surface area contributed by atoms with Crippen molar-refractivity contribution in [3.8, 4) is 11.4 Å². The maximum absolute atomic E-state index is 13.3. The van der Waals surface area contributed by atoms with Gasteiger partial charge in [0.2, 0.25) is 5.91 Å². The molecule has 3 aromatic carbocycles. The number of carbonyl (C=O) groups is 1. The summed E-state index contributed by atoms with van der Waals surface area (Å²) in [5.41, 5.74) is 3.07. The number of hydrogen-bond acceptors (Lipinski definition) is 5. The van der Waals surface area contributed by atoms with Gasteiger partial charge >= 0.3 is 0 Å². The van der Waals surface area contributed by atoms with Gasteiger partial charge in [-0.05, 0) is 66.4 Å². The Hall–Kier alpha value is -3.58. The van der Waals surface area contributed by atoms with Crippen molar-refractivity contribution in [2.24, 2.45) is 0 Å². The Bertz CT molecular complexity index is 1350. The van der Waals surface area contributed by atoms with Crippen LogP contribution in [-0.2, 0) is 4.79 Å². The number of benzene rings is 3. The van der Waals surface area contributed by atoms with E-state index in [1.807, 2.05) is 36.4 Å². The Balaban J connectivity index is 1.58. The van der Waals surface area contributed by atoms with Crippen molar-refractivity contribution in [3.05, 3.63) is 88.7 Å². The molecule has 0 unspecified atom stereocenters. The Kier molecular flexibility index (Phi) is 7.33. The first-order chi connectivity index (χ1) is 16.5. The minimum Gasteiger partial charge on any atom is -0.497 e. The number of thioether (sulfide) groups is 1. The fourth-order valence-corrected chi connectivity index (χ4v) is 4.44. The zero-order valence-electron chi connectivity index (χ0n) is 19.4. The molecule has 0 saturated heterocycles. The second-order valence-electron chi connectivity index (χ2n) is 8.02. The molecule has 0 radical (unpaired) electrons. The molecule has 0 aliphatic heterocycles. The van der Waals surface area contributed by atoms with Gasteiger partial charge in [-0.3, -0.25) is 14.2 Å². The topological polar surface area (TPSA) is 73.2 Å². The first kappa shape index (κ1) is 23.6. The number of carbonyl (C=O) groups excluding carboxylic acids is 1. The smallest absolute Gasteiger partial charge is 0.266 e. The summed E-state index contributed by atoms with van der Waals surface area (Å²) in [6.45, 7) is 4.34. The van der Waals surface area contributed by atoms with Gasteiger partial charge in [-0.25, -0.2) is 4.98 Å². The summed E-state index contributed by atoms with van der Waals surface area (Å²) in [6.07, 6.45) is 1.07. The molecule has 4 rings (SSSR count). The van der Waals surface area contributed by atoms with Gasteiger partial charge in [-0.1, -0.05) is 49.9 Å². The number of fused-ring (bicyclic) bond motifs is 1. The number of amides is 1. The minimum atomic E-state index is -0.181. The van der Waals surface area contributed by atoms with Crippen LogP contribution in [0.2, 0.25) is 0 Å². The largest absolute Gasteiger partial charge is 0.497 e. The summed E-state index contributed by atoms with van der Waals surface area (Å²) >= 11 is 1.23. The molecule has 1 amide bonds. The van der Waals surface area contributed by atoms with Gasteiger partial charge in [-0.15, -0.1) is 0 Å². The first-order valence-corrected chi connectivity index (χ1v) is 12.2. The van der Waals surface area contributed by atoms with Gasteiger partial charge in [0.15, 0.2) is 5.16 Å². The van der Waals surface area contributed by atoms with Crippen LogP contribution in [0.3, 0.4) is 0 Å². The second-order valence-corrected chi connectivity index (χ2v) is 8.96. The highest BCUT2D eigenvalue weighted by molar-refractivity contribution is 7.99. The van der Waals surface area contributed by atoms with Gasteiger partial charge in [0.1, 0.15) is 5.75 Å². The molecule has 1 atom stereocenters. The van der Waals surface area contributed by atoms with Crippen molar-refractivity contribution in [2.45, 2.75) is 31.3 Å². The van der Waals surface area contributed by atoms with Crippen molar-refractivity contribution in [2.75, 3.05) is 18.2 Å². The van der Waals surface area contributed by atoms with E-state index >= 15 is 0 Å². The lowest BCUT2D eigenvalue weighted by Crippen LogP contribution is -2.23. The van der Waals surface area contributed by atoms with E-state index in [1.165, 1.54) is 17.3 Å². The van der Waals surface area contributed by atoms with E-state index in [1.54, 1.807) is 48.1 Å². The van der Waals surface area contributed by atoms with Crippen molar-refractivity contribution in [1.82, 2.24) is 9.55 Å². The van der Waals surface area contributed by atoms with Crippen LogP contribution >= 0.6 is 11.8 Å². The summed E-state index contributed by atoms with van der Waals surface area (Å²) in [5.74, 6) is 1.13. The van der Waals surface area contributed by atoms with E-state index in [2.05, 4.69) is 24.1 Å². The third-order valence-corrected chi connectivity index (χ3v) is 6.72. The lowest BCUT2D eigenvalue weighted by Gasteiger charge is -2.14. The standard InChI is InChI=1S/C27H27N3O3S/c1-4-18(2)19-9-11-20(12-10-19)28-25(31)17-34-27-29-24-8-6-5-7-23(24)26(32)30(27)21-13-15-22(33-3)16-14-21/h5-16,18H,4,17H2,1-3H3,(H,28,31)/t18-/m0/s1. The van der Waals surface area contributed by atoms with Crippen LogP contribution in [0.1, 0.15) is 31.7 Å². The fraction of sp³-hybridized carbons (Fsp3) is 0.222. The molecule has 1 heterocycles. The molecule has 0 aliphatic carbocycles. The molecule has 34 heavy (non-hydrogen) atoms. The zero-order valence-corrected chi connectivity index (χ0v) is 20.3. The molecule has 4 aromatic rings. The summed E-state index contributed by atoms with van der Waals surface area (Å²) in [5, 5.41) is 3.91. The molecule has 0 spiro atoms. The highest BCUT2D eigenvalue weighted by atomic mass is 32.2. The fourth-order valence-electron chi connectivity index (χ4n) is 3.63. The van der Waals surface area contributed by atoms with Crippen LogP contribution < -0.4 is 15.6 Å². The number of nitrogens with one attached hydrogen (secondary N) is 1. The molecule has 174 valence electrons. The van der Waals surface area contributed by atoms with Crippen LogP contribution in [0, 0.1) is 0 Å². The number of aromatic nitrogens is 2. The van der Waals surface area contributed by atoms with Gasteiger partial charge in [-0.2, -0.15) is 0 Å². The van der Waals surface area contributed by atoms with E-state index in [-0.39, 0.29) is 17.2 Å². The van der Waals surface area contributed by atoms with Gasteiger partial charge < -0.3 is 10.1 Å². The average molecular weight is 474 g/mol. The van der Waals surface area contributed by atoms with Crippen LogP contribution in [0.15, 0.2) is 82.7 Å². The summed E-state index contributed by atoms with van der Waals surface area (Å²) in [7, 11) is 1.59. The maximum atomic E-state index is 13.3. The number of ether oxygens (including phenoxy) is 1. The number of anilines is 1. The van der Waals surface area contributed by atoms with Gasteiger partial charge in [0.05, 0.1) is 29.5 Å². The van der Waals surface area contributed by atoms with E-state index in [0.29, 0.717) is 33.4 Å². The Labute approximate surface area is 203 Å². The Morgan fingerprint density at radius 2 is 1.76 bits per heavy atom. The van der Waals surface area contributed by atoms with Crippen molar-refractivity contribution in [3.63, 3.8) is 0 Å². The van der Waals surface area contributed by atoms with E-state index < -0.39 is 0 Å². The molecule has 0 bridgehead atoms. The summed E-state index contributed by atoms with van der Waals surface area (Å²) in [6, 6.07) is 22.4. The zero-order chi connectivity index (χ0) is 24.1. The molecule has 0 aliphatic rings. The molecule has 0 fully saturated rings. The maximum Gasteiger partial charge on any atom is 0.266 e. The quantitative estimate of drug-likeness (QED) is 0.265. The Morgan fingerprint density at radius 1 is 1.06 bits per heavy atom. The molecule has 7 heteroatoms. The second kappa shape index (κ2) is 10.6. The van der Waals surface area contributed by atoms with Crippen LogP contribution in [-0.4, -0.2) is 28.3 Å². The van der Waals surface area contributed by atoms with Gasteiger partial charge in [0.25, 0.3) is 5.56 Å². The molecular formula is C27H27N3O3S. The average Bonchev–Trinajstić information content (AvgIpc) is 2.87. The van der Waals surface area contributed by atoms with Crippen LogP contribution in [0.4, 0.5) is 5.69 Å². The normalized spacial score (nSPS) is 11.9. The minimum absolute atomic E-state index is 0.119. The van der Waals surface area contributed by atoms with E-state index in [0.717, 1.165) is 12.1 Å². The lowest BCUT2D eigenvalue weighted by atomic mass is 9.99. The Morgan fingerprint density at radius 3 is 2.44 bits per heavy atom. The van der Waals surface area contributed by atoms with Crippen molar-refractivity contribution >= 4 is 34.3 Å². The van der Waals surface area contributed by atoms with Crippen LogP contribution in [0.25, 0.3) is 16.6 Å². The van der Waals surface area contributed by atoms with E-state index in [4.69, 9.17) is 4.74 Å². The molecule has 1 N–H and O–H groups in total. The summed E-state index contributed by atoms with van der Waals surface area (Å²) < 4.78 is 6.78. The number of nitrogens with zero attached hydrogens (tertiary/aromatic N) is 2. The predicted molar refractivity (Wildman–Crippen MR) is 138 cm³/mol. The highest BCUT2D eigenvalue weighted by Gasteiger charge is 2.15. The number of para-hydroxylation sites is 1. The summed E-state index contributed by atoms with van der Waals surface area (Å²) in [4.78, 5) is 30.7. The molecule has 0 saturated carbocycles. The van der Waals surface area contributed by atoms with Crippen molar-refractivity contribution in [1.29, 1.82) is 0 Å². The van der Waals surface area contributed by atoms with E-state index in [9.17, 15) is 9.59 Å². The molecule has 1 aromatic heterocycles. The molecular weight excluding hydrogens is 446 g/mol. The highest BCUT2D eigenvalue weighted by Crippen LogP contribution is 2.24. The predicted octanol–water partition coefficient (Wildman–Crippen LogP) is 5.64. The third-order valence-electron chi connectivity index (χ3n) is 5.78. The van der Waals surface area contributed by atoms with Gasteiger partial charge in [0, 0.05) is 5.69 Å².